The van der Waals surface area contributed by atoms with E-state index in [0.717, 1.165) is 59.4 Å². The first-order chi connectivity index (χ1) is 16.2. The third-order valence-corrected chi connectivity index (χ3v) is 6.22. The molecule has 1 N–H and O–H groups in total. The smallest absolute Gasteiger partial charge is 0.305 e. The average Bonchev–Trinajstić information content (AvgIpc) is 3.30. The molecule has 1 aliphatic rings. The Labute approximate surface area is 192 Å². The highest BCUT2D eigenvalue weighted by atomic mass is 16.5. The van der Waals surface area contributed by atoms with E-state index in [9.17, 15) is 4.79 Å². The molecule has 0 spiro atoms. The van der Waals surface area contributed by atoms with E-state index in [2.05, 4.69) is 19.9 Å². The zero-order valence-electron chi connectivity index (χ0n) is 18.5. The Morgan fingerprint density at radius 1 is 0.970 bits per heavy atom. The van der Waals surface area contributed by atoms with E-state index in [1.807, 2.05) is 54.7 Å². The molecule has 1 aromatic carbocycles. The molecule has 1 fully saturated rings. The normalized spacial score (nSPS) is 18.2. The van der Waals surface area contributed by atoms with Gasteiger partial charge in [0.25, 0.3) is 0 Å². The number of hydrogen-bond acceptors (Lipinski definition) is 6. The molecule has 0 saturated heterocycles. The van der Waals surface area contributed by atoms with E-state index in [4.69, 9.17) is 9.47 Å². The number of esters is 1. The summed E-state index contributed by atoms with van der Waals surface area (Å²) in [5.74, 6) is 1.68. The van der Waals surface area contributed by atoms with E-state index in [1.165, 1.54) is 7.11 Å². The van der Waals surface area contributed by atoms with Crippen LogP contribution in [-0.4, -0.2) is 39.1 Å². The number of H-pyrrole nitrogens is 1. The van der Waals surface area contributed by atoms with Gasteiger partial charge in [0.05, 0.1) is 23.8 Å². The highest BCUT2D eigenvalue weighted by Crippen LogP contribution is 2.30. The molecule has 0 bridgehead atoms. The molecule has 0 aliphatic heterocycles. The Morgan fingerprint density at radius 2 is 1.76 bits per heavy atom. The molecular weight excluding hydrogens is 416 g/mol. The lowest BCUT2D eigenvalue weighted by Crippen LogP contribution is -2.25. The Bertz CT molecular complexity index is 1190. The van der Waals surface area contributed by atoms with Crippen LogP contribution in [0.5, 0.6) is 5.88 Å². The number of rotatable bonds is 6. The first-order valence-corrected chi connectivity index (χ1v) is 11.3. The topological polar surface area (TPSA) is 90.0 Å². The van der Waals surface area contributed by atoms with Crippen molar-refractivity contribution in [2.75, 3.05) is 7.11 Å². The molecule has 0 atom stereocenters. The van der Waals surface area contributed by atoms with Crippen LogP contribution in [0.15, 0.2) is 60.9 Å². The number of nitrogens with one attached hydrogen (secondary N) is 1. The third kappa shape index (κ3) is 4.87. The molecule has 1 saturated carbocycles. The summed E-state index contributed by atoms with van der Waals surface area (Å²) in [4.78, 5) is 28.5. The second-order valence-corrected chi connectivity index (χ2v) is 8.46. The number of para-hydroxylation sites is 2. The van der Waals surface area contributed by atoms with E-state index in [-0.39, 0.29) is 12.1 Å². The van der Waals surface area contributed by atoms with E-state index < -0.39 is 0 Å². The third-order valence-electron chi connectivity index (χ3n) is 6.22. The number of benzene rings is 1. The monoisotopic (exact) mass is 442 g/mol. The number of hydrogen-bond donors (Lipinski definition) is 1. The molecule has 7 nitrogen and oxygen atoms in total. The Morgan fingerprint density at radius 3 is 2.45 bits per heavy atom. The van der Waals surface area contributed by atoms with Crippen LogP contribution >= 0.6 is 0 Å². The molecule has 3 heterocycles. The number of ether oxygens (including phenoxy) is 2. The summed E-state index contributed by atoms with van der Waals surface area (Å²) >= 11 is 0. The molecule has 7 heteroatoms. The zero-order chi connectivity index (χ0) is 22.6. The number of carbonyl (C=O) groups excluding carboxylic acids is 1. The molecule has 0 radical (unpaired) electrons. The molecule has 168 valence electrons. The van der Waals surface area contributed by atoms with Gasteiger partial charge >= 0.3 is 5.97 Å². The van der Waals surface area contributed by atoms with Crippen molar-refractivity contribution < 1.29 is 14.3 Å². The van der Waals surface area contributed by atoms with Crippen LogP contribution < -0.4 is 4.74 Å². The number of imidazole rings is 1. The minimum atomic E-state index is -0.129. The molecule has 3 aromatic heterocycles. The fourth-order valence-corrected chi connectivity index (χ4v) is 4.34. The van der Waals surface area contributed by atoms with Gasteiger partial charge in [0.2, 0.25) is 5.88 Å². The van der Waals surface area contributed by atoms with Gasteiger partial charge in [-0.15, -0.1) is 0 Å². The fourth-order valence-electron chi connectivity index (χ4n) is 4.34. The standard InChI is InChI=1S/C26H26N4O3/c1-32-25(31)14-17-6-10-20(11-7-17)33-24-13-9-18(15-28-24)21-12-8-19(16-27-21)26-29-22-4-2-3-5-23(22)30-26/h2-5,8-9,12-13,15-17,20H,6-7,10-11,14H2,1H3,(H,29,30). The summed E-state index contributed by atoms with van der Waals surface area (Å²) in [6.45, 7) is 0. The van der Waals surface area contributed by atoms with Crippen LogP contribution in [0.2, 0.25) is 0 Å². The van der Waals surface area contributed by atoms with Crippen LogP contribution in [0.25, 0.3) is 33.7 Å². The maximum atomic E-state index is 11.5. The van der Waals surface area contributed by atoms with Crippen LogP contribution in [0.4, 0.5) is 0 Å². The predicted molar refractivity (Wildman–Crippen MR) is 126 cm³/mol. The number of nitrogens with zero attached hydrogens (tertiary/aromatic N) is 3. The minimum absolute atomic E-state index is 0.129. The summed E-state index contributed by atoms with van der Waals surface area (Å²) in [5, 5.41) is 0. The van der Waals surface area contributed by atoms with E-state index in [1.54, 1.807) is 6.20 Å². The lowest BCUT2D eigenvalue weighted by Gasteiger charge is -2.28. The van der Waals surface area contributed by atoms with Gasteiger partial charge in [-0.2, -0.15) is 0 Å². The van der Waals surface area contributed by atoms with Crippen molar-refractivity contribution in [1.29, 1.82) is 0 Å². The lowest BCUT2D eigenvalue weighted by atomic mass is 9.85. The van der Waals surface area contributed by atoms with Crippen LogP contribution in [-0.2, 0) is 9.53 Å². The highest BCUT2D eigenvalue weighted by molar-refractivity contribution is 5.79. The Balaban J connectivity index is 1.19. The van der Waals surface area contributed by atoms with Gasteiger partial charge in [0, 0.05) is 36.0 Å². The van der Waals surface area contributed by atoms with Gasteiger partial charge in [-0.05, 0) is 61.9 Å². The molecule has 0 unspecified atom stereocenters. The van der Waals surface area contributed by atoms with Crippen molar-refractivity contribution >= 4 is 17.0 Å². The number of fused-ring (bicyclic) bond motifs is 1. The highest BCUT2D eigenvalue weighted by Gasteiger charge is 2.24. The maximum Gasteiger partial charge on any atom is 0.305 e. The number of pyridine rings is 2. The largest absolute Gasteiger partial charge is 0.474 e. The van der Waals surface area contributed by atoms with E-state index >= 15 is 0 Å². The van der Waals surface area contributed by atoms with Gasteiger partial charge in [0.15, 0.2) is 0 Å². The summed E-state index contributed by atoms with van der Waals surface area (Å²) in [5.41, 5.74) is 4.66. The van der Waals surface area contributed by atoms with Crippen molar-refractivity contribution in [1.82, 2.24) is 19.9 Å². The number of aromatic amines is 1. The molecule has 33 heavy (non-hydrogen) atoms. The fraction of sp³-hybridized carbons (Fsp3) is 0.308. The molecule has 4 aromatic rings. The first-order valence-electron chi connectivity index (χ1n) is 11.3. The van der Waals surface area contributed by atoms with Crippen molar-refractivity contribution in [3.63, 3.8) is 0 Å². The van der Waals surface area contributed by atoms with Gasteiger partial charge in [0.1, 0.15) is 11.9 Å². The SMILES string of the molecule is COC(=O)CC1CCC(Oc2ccc(-c3ccc(-c4nc5ccccc5[nH]4)cn3)cn2)CC1. The summed E-state index contributed by atoms with van der Waals surface area (Å²) < 4.78 is 10.8. The van der Waals surface area contributed by atoms with Gasteiger partial charge in [-0.3, -0.25) is 9.78 Å². The van der Waals surface area contributed by atoms with Gasteiger partial charge < -0.3 is 14.5 Å². The Kier molecular flexibility index (Phi) is 6.02. The average molecular weight is 443 g/mol. The van der Waals surface area contributed by atoms with Crippen molar-refractivity contribution in [2.24, 2.45) is 5.92 Å². The van der Waals surface area contributed by atoms with Crippen LogP contribution in [0, 0.1) is 5.92 Å². The molecule has 1 aliphatic carbocycles. The van der Waals surface area contributed by atoms with Crippen molar-refractivity contribution in [2.45, 2.75) is 38.2 Å². The van der Waals surface area contributed by atoms with Crippen molar-refractivity contribution in [3.05, 3.63) is 60.9 Å². The van der Waals surface area contributed by atoms with E-state index in [0.29, 0.717) is 18.2 Å². The second-order valence-electron chi connectivity index (χ2n) is 8.46. The zero-order valence-corrected chi connectivity index (χ0v) is 18.5. The minimum Gasteiger partial charge on any atom is -0.474 e. The quantitative estimate of drug-likeness (QED) is 0.414. The molecule has 5 rings (SSSR count). The van der Waals surface area contributed by atoms with Gasteiger partial charge in [-0.25, -0.2) is 9.97 Å². The molecule has 0 amide bonds. The lowest BCUT2D eigenvalue weighted by molar-refractivity contribution is -0.142. The summed E-state index contributed by atoms with van der Waals surface area (Å²) in [7, 11) is 1.44. The second kappa shape index (κ2) is 9.40. The number of methoxy groups -OCH3 is 1. The summed E-state index contributed by atoms with van der Waals surface area (Å²) in [6, 6.07) is 15.8. The molecular formula is C26H26N4O3. The van der Waals surface area contributed by atoms with Crippen LogP contribution in [0.3, 0.4) is 0 Å². The maximum absolute atomic E-state index is 11.5. The Hall–Kier alpha value is -3.74. The number of aromatic nitrogens is 4. The first kappa shape index (κ1) is 21.1. The van der Waals surface area contributed by atoms with Gasteiger partial charge in [-0.1, -0.05) is 12.1 Å². The van der Waals surface area contributed by atoms with Crippen molar-refractivity contribution in [3.8, 4) is 28.5 Å². The number of carbonyl (C=O) groups is 1. The van der Waals surface area contributed by atoms with Crippen LogP contribution in [0.1, 0.15) is 32.1 Å². The predicted octanol–water partition coefficient (Wildman–Crippen LogP) is 5.19. The summed E-state index contributed by atoms with van der Waals surface area (Å²) in [6.07, 6.45) is 8.05.